The van der Waals surface area contributed by atoms with Crippen molar-refractivity contribution in [2.75, 3.05) is 6.61 Å². The molecule has 0 bridgehead atoms. The smallest absolute Gasteiger partial charge is 0.177 e. The van der Waals surface area contributed by atoms with Gasteiger partial charge >= 0.3 is 0 Å². The molecule has 0 aromatic heterocycles. The van der Waals surface area contributed by atoms with Gasteiger partial charge in [0.1, 0.15) is 0 Å². The second-order valence-electron chi connectivity index (χ2n) is 2.25. The van der Waals surface area contributed by atoms with Crippen LogP contribution in [0.3, 0.4) is 0 Å². The Morgan fingerprint density at radius 3 is 3.00 bits per heavy atom. The molecule has 3 heteroatoms. The standard InChI is InChI=1S/C7H13NO2/c1-3-6-5-9-7(4-2)10-8-6/h3,6-8H,1,4-5H2,2H3/t6-,7?/m0/s1. The SMILES string of the molecule is C=C[C@H]1COC(CC)ON1. The molecule has 1 heterocycles. The van der Waals surface area contributed by atoms with E-state index in [0.29, 0.717) is 6.61 Å². The van der Waals surface area contributed by atoms with Crippen LogP contribution in [-0.2, 0) is 9.57 Å². The molecule has 1 rings (SSSR count). The summed E-state index contributed by atoms with van der Waals surface area (Å²) in [7, 11) is 0. The van der Waals surface area contributed by atoms with Gasteiger partial charge in [0.2, 0.25) is 0 Å². The minimum atomic E-state index is -0.0869. The first-order chi connectivity index (χ1) is 4.86. The molecular formula is C7H13NO2. The Hall–Kier alpha value is -0.380. The van der Waals surface area contributed by atoms with Crippen molar-refractivity contribution in [3.63, 3.8) is 0 Å². The van der Waals surface area contributed by atoms with E-state index in [0.717, 1.165) is 6.42 Å². The third-order valence-corrected chi connectivity index (χ3v) is 1.43. The lowest BCUT2D eigenvalue weighted by atomic mass is 10.3. The van der Waals surface area contributed by atoms with Crippen molar-refractivity contribution in [1.82, 2.24) is 5.48 Å². The zero-order valence-electron chi connectivity index (χ0n) is 6.17. The van der Waals surface area contributed by atoms with Crippen molar-refractivity contribution in [3.8, 4) is 0 Å². The van der Waals surface area contributed by atoms with Gasteiger partial charge in [-0.3, -0.25) is 4.84 Å². The molecule has 0 aromatic carbocycles. The molecule has 1 saturated heterocycles. The molecule has 0 radical (unpaired) electrons. The van der Waals surface area contributed by atoms with Crippen molar-refractivity contribution >= 4 is 0 Å². The van der Waals surface area contributed by atoms with Gasteiger partial charge in [0.05, 0.1) is 12.6 Å². The molecule has 58 valence electrons. The average molecular weight is 143 g/mol. The maximum absolute atomic E-state index is 5.27. The van der Waals surface area contributed by atoms with Crippen LogP contribution in [0, 0.1) is 0 Å². The first-order valence-corrected chi connectivity index (χ1v) is 3.52. The van der Waals surface area contributed by atoms with E-state index in [1.165, 1.54) is 0 Å². The Morgan fingerprint density at radius 2 is 2.60 bits per heavy atom. The van der Waals surface area contributed by atoms with E-state index in [-0.39, 0.29) is 12.3 Å². The van der Waals surface area contributed by atoms with E-state index < -0.39 is 0 Å². The first kappa shape index (κ1) is 7.72. The topological polar surface area (TPSA) is 30.5 Å². The Morgan fingerprint density at radius 1 is 1.80 bits per heavy atom. The molecule has 10 heavy (non-hydrogen) atoms. The van der Waals surface area contributed by atoms with Crippen molar-refractivity contribution < 1.29 is 9.57 Å². The monoisotopic (exact) mass is 143 g/mol. The Kier molecular flexibility index (Phi) is 2.86. The highest BCUT2D eigenvalue weighted by molar-refractivity contribution is 4.84. The summed E-state index contributed by atoms with van der Waals surface area (Å²) < 4.78 is 5.27. The number of hydroxylamine groups is 1. The summed E-state index contributed by atoms with van der Waals surface area (Å²) in [6, 6.07) is 0.141. The molecule has 0 aliphatic carbocycles. The predicted molar refractivity (Wildman–Crippen MR) is 38.2 cm³/mol. The van der Waals surface area contributed by atoms with Gasteiger partial charge in [0, 0.05) is 0 Å². The van der Waals surface area contributed by atoms with E-state index in [1.807, 2.05) is 6.92 Å². The molecule has 0 amide bonds. The van der Waals surface area contributed by atoms with Crippen molar-refractivity contribution in [1.29, 1.82) is 0 Å². The first-order valence-electron chi connectivity index (χ1n) is 3.52. The number of hydrogen-bond donors (Lipinski definition) is 1. The van der Waals surface area contributed by atoms with Crippen LogP contribution in [0.25, 0.3) is 0 Å². The Labute approximate surface area is 61.0 Å². The van der Waals surface area contributed by atoms with Gasteiger partial charge < -0.3 is 4.74 Å². The molecule has 1 N–H and O–H groups in total. The average Bonchev–Trinajstić information content (AvgIpc) is 2.05. The van der Waals surface area contributed by atoms with Crippen molar-refractivity contribution in [2.24, 2.45) is 0 Å². The molecular weight excluding hydrogens is 130 g/mol. The van der Waals surface area contributed by atoms with Crippen molar-refractivity contribution in [3.05, 3.63) is 12.7 Å². The lowest BCUT2D eigenvalue weighted by molar-refractivity contribution is -0.228. The molecule has 2 atom stereocenters. The fourth-order valence-corrected chi connectivity index (χ4v) is 0.760. The van der Waals surface area contributed by atoms with E-state index in [4.69, 9.17) is 9.57 Å². The Bertz CT molecular complexity index is 108. The van der Waals surface area contributed by atoms with Gasteiger partial charge in [-0.1, -0.05) is 13.0 Å². The number of ether oxygens (including phenoxy) is 1. The minimum Gasteiger partial charge on any atom is -0.349 e. The second kappa shape index (κ2) is 3.71. The zero-order chi connectivity index (χ0) is 7.40. The van der Waals surface area contributed by atoms with E-state index in [2.05, 4.69) is 12.1 Å². The molecule has 1 unspecified atom stereocenters. The summed E-state index contributed by atoms with van der Waals surface area (Å²) in [6.45, 7) is 6.28. The van der Waals surface area contributed by atoms with Crippen LogP contribution in [0.5, 0.6) is 0 Å². The summed E-state index contributed by atoms with van der Waals surface area (Å²) in [4.78, 5) is 5.09. The summed E-state index contributed by atoms with van der Waals surface area (Å²) in [6.07, 6.45) is 2.55. The maximum atomic E-state index is 5.27. The number of rotatable bonds is 2. The fraction of sp³-hybridized carbons (Fsp3) is 0.714. The molecule has 3 nitrogen and oxygen atoms in total. The fourth-order valence-electron chi connectivity index (χ4n) is 0.760. The van der Waals surface area contributed by atoms with Crippen LogP contribution in [0.2, 0.25) is 0 Å². The highest BCUT2D eigenvalue weighted by Crippen LogP contribution is 2.05. The summed E-state index contributed by atoms with van der Waals surface area (Å²) in [5, 5.41) is 0. The lowest BCUT2D eigenvalue weighted by Crippen LogP contribution is -2.42. The van der Waals surface area contributed by atoms with Gasteiger partial charge in [-0.2, -0.15) is 5.48 Å². The highest BCUT2D eigenvalue weighted by Gasteiger charge is 2.17. The van der Waals surface area contributed by atoms with Crippen LogP contribution in [0.1, 0.15) is 13.3 Å². The van der Waals surface area contributed by atoms with Crippen LogP contribution in [0.15, 0.2) is 12.7 Å². The molecule has 1 fully saturated rings. The minimum absolute atomic E-state index is 0.0869. The maximum Gasteiger partial charge on any atom is 0.177 e. The molecule has 1 aliphatic heterocycles. The van der Waals surface area contributed by atoms with Crippen LogP contribution in [0.4, 0.5) is 0 Å². The van der Waals surface area contributed by atoms with Gasteiger partial charge in [-0.25, -0.2) is 0 Å². The van der Waals surface area contributed by atoms with E-state index in [9.17, 15) is 0 Å². The van der Waals surface area contributed by atoms with Crippen LogP contribution < -0.4 is 5.48 Å². The highest BCUT2D eigenvalue weighted by atomic mass is 16.8. The Balaban J connectivity index is 2.23. The van der Waals surface area contributed by atoms with Crippen LogP contribution in [-0.4, -0.2) is 18.9 Å². The van der Waals surface area contributed by atoms with Crippen molar-refractivity contribution in [2.45, 2.75) is 25.7 Å². The molecule has 0 spiro atoms. The second-order valence-corrected chi connectivity index (χ2v) is 2.25. The normalized spacial score (nSPS) is 33.7. The van der Waals surface area contributed by atoms with Crippen LogP contribution >= 0.6 is 0 Å². The van der Waals surface area contributed by atoms with Gasteiger partial charge in [0.25, 0.3) is 0 Å². The quantitative estimate of drug-likeness (QED) is 0.581. The van der Waals surface area contributed by atoms with Gasteiger partial charge in [-0.15, -0.1) is 6.58 Å². The van der Waals surface area contributed by atoms with E-state index >= 15 is 0 Å². The summed E-state index contributed by atoms with van der Waals surface area (Å²) >= 11 is 0. The lowest BCUT2D eigenvalue weighted by Gasteiger charge is -2.27. The molecule has 1 aliphatic rings. The third kappa shape index (κ3) is 1.80. The third-order valence-electron chi connectivity index (χ3n) is 1.43. The zero-order valence-corrected chi connectivity index (χ0v) is 6.17. The molecule has 0 aromatic rings. The number of hydrogen-bond acceptors (Lipinski definition) is 3. The number of nitrogens with one attached hydrogen (secondary N) is 1. The summed E-state index contributed by atoms with van der Waals surface area (Å²) in [5.74, 6) is 0. The van der Waals surface area contributed by atoms with E-state index in [1.54, 1.807) is 6.08 Å². The van der Waals surface area contributed by atoms with Gasteiger partial charge in [-0.05, 0) is 6.42 Å². The summed E-state index contributed by atoms with van der Waals surface area (Å²) in [5.41, 5.74) is 2.83. The predicted octanol–water partition coefficient (Wildman–Crippen LogP) is 0.829. The largest absolute Gasteiger partial charge is 0.349 e. The van der Waals surface area contributed by atoms with Gasteiger partial charge in [0.15, 0.2) is 6.29 Å². The molecule has 0 saturated carbocycles.